The van der Waals surface area contributed by atoms with Crippen LogP contribution in [0, 0.1) is 17.6 Å². The average Bonchev–Trinajstić information content (AvgIpc) is 2.64. The van der Waals surface area contributed by atoms with E-state index in [1.807, 2.05) is 0 Å². The van der Waals surface area contributed by atoms with Crippen LogP contribution in [0.3, 0.4) is 0 Å². The maximum atomic E-state index is 13.7. The lowest BCUT2D eigenvalue weighted by Gasteiger charge is -2.30. The summed E-state index contributed by atoms with van der Waals surface area (Å²) in [6.07, 6.45) is 1.88. The SMILES string of the molecule is CC1CCN(C(=O)c2cccc(C(=O)Nc3ccc(F)cc3F)n2)CC1. The van der Waals surface area contributed by atoms with Crippen LogP contribution in [0.1, 0.15) is 40.7 Å². The number of rotatable bonds is 3. The van der Waals surface area contributed by atoms with Gasteiger partial charge >= 0.3 is 0 Å². The molecular formula is C19H19F2N3O2. The third kappa shape index (κ3) is 4.04. The van der Waals surface area contributed by atoms with Gasteiger partial charge < -0.3 is 10.2 Å². The third-order valence-corrected chi connectivity index (χ3v) is 4.45. The van der Waals surface area contributed by atoms with Crippen molar-refractivity contribution < 1.29 is 18.4 Å². The van der Waals surface area contributed by atoms with Crippen LogP contribution in [0.2, 0.25) is 0 Å². The molecular weight excluding hydrogens is 340 g/mol. The largest absolute Gasteiger partial charge is 0.337 e. The monoisotopic (exact) mass is 359 g/mol. The molecule has 136 valence electrons. The summed E-state index contributed by atoms with van der Waals surface area (Å²) in [7, 11) is 0. The first-order valence-electron chi connectivity index (χ1n) is 8.47. The second-order valence-electron chi connectivity index (χ2n) is 6.46. The van der Waals surface area contributed by atoms with Crippen LogP contribution in [-0.4, -0.2) is 34.8 Å². The van der Waals surface area contributed by atoms with Crippen LogP contribution in [-0.2, 0) is 0 Å². The van der Waals surface area contributed by atoms with Gasteiger partial charge in [-0.15, -0.1) is 0 Å². The van der Waals surface area contributed by atoms with Crippen molar-refractivity contribution in [2.45, 2.75) is 19.8 Å². The number of hydrogen-bond donors (Lipinski definition) is 1. The zero-order valence-electron chi connectivity index (χ0n) is 14.3. The number of piperidine rings is 1. The van der Waals surface area contributed by atoms with Crippen molar-refractivity contribution in [3.05, 3.63) is 59.4 Å². The lowest BCUT2D eigenvalue weighted by Crippen LogP contribution is -2.38. The Morgan fingerprint density at radius 1 is 1.12 bits per heavy atom. The molecule has 0 unspecified atom stereocenters. The van der Waals surface area contributed by atoms with Gasteiger partial charge in [0, 0.05) is 19.2 Å². The van der Waals surface area contributed by atoms with E-state index >= 15 is 0 Å². The number of nitrogens with zero attached hydrogens (tertiary/aromatic N) is 2. The summed E-state index contributed by atoms with van der Waals surface area (Å²) in [5, 5.41) is 2.34. The van der Waals surface area contributed by atoms with Crippen molar-refractivity contribution in [1.82, 2.24) is 9.88 Å². The van der Waals surface area contributed by atoms with E-state index in [1.165, 1.54) is 6.07 Å². The van der Waals surface area contributed by atoms with E-state index in [-0.39, 0.29) is 23.0 Å². The predicted octanol–water partition coefficient (Wildman–Crippen LogP) is 3.48. The third-order valence-electron chi connectivity index (χ3n) is 4.45. The van der Waals surface area contributed by atoms with Crippen molar-refractivity contribution in [1.29, 1.82) is 0 Å². The Balaban J connectivity index is 1.74. The van der Waals surface area contributed by atoms with Gasteiger partial charge in [0.25, 0.3) is 11.8 Å². The standard InChI is InChI=1S/C19H19F2N3O2/c1-12-7-9-24(10-8-12)19(26)17-4-2-3-16(22-17)18(25)23-15-6-5-13(20)11-14(15)21/h2-6,11-12H,7-10H2,1H3,(H,23,25). The summed E-state index contributed by atoms with van der Waals surface area (Å²) in [6, 6.07) is 7.40. The van der Waals surface area contributed by atoms with Gasteiger partial charge in [-0.2, -0.15) is 0 Å². The smallest absolute Gasteiger partial charge is 0.274 e. The molecule has 2 aromatic rings. The van der Waals surface area contributed by atoms with E-state index in [1.54, 1.807) is 17.0 Å². The maximum absolute atomic E-state index is 13.7. The van der Waals surface area contributed by atoms with Crippen LogP contribution in [0.5, 0.6) is 0 Å². The minimum atomic E-state index is -0.881. The molecule has 0 aliphatic carbocycles. The van der Waals surface area contributed by atoms with Gasteiger partial charge in [-0.3, -0.25) is 9.59 Å². The van der Waals surface area contributed by atoms with E-state index in [9.17, 15) is 18.4 Å². The van der Waals surface area contributed by atoms with Crippen LogP contribution in [0.15, 0.2) is 36.4 Å². The molecule has 3 rings (SSSR count). The number of hydrogen-bond acceptors (Lipinski definition) is 3. The summed E-state index contributed by atoms with van der Waals surface area (Å²) in [5.74, 6) is -1.92. The summed E-state index contributed by atoms with van der Waals surface area (Å²) in [4.78, 5) is 30.7. The summed E-state index contributed by atoms with van der Waals surface area (Å²) < 4.78 is 26.6. The quantitative estimate of drug-likeness (QED) is 0.913. The molecule has 0 radical (unpaired) electrons. The second-order valence-corrected chi connectivity index (χ2v) is 6.46. The fourth-order valence-electron chi connectivity index (χ4n) is 2.83. The molecule has 0 saturated carbocycles. The second kappa shape index (κ2) is 7.59. The molecule has 2 amide bonds. The van der Waals surface area contributed by atoms with Gasteiger partial charge in [-0.25, -0.2) is 13.8 Å². The van der Waals surface area contributed by atoms with E-state index in [2.05, 4.69) is 17.2 Å². The molecule has 1 aromatic heterocycles. The highest BCUT2D eigenvalue weighted by Crippen LogP contribution is 2.18. The fourth-order valence-corrected chi connectivity index (χ4v) is 2.83. The molecule has 2 heterocycles. The number of pyridine rings is 1. The zero-order chi connectivity index (χ0) is 18.7. The molecule has 1 aromatic carbocycles. The van der Waals surface area contributed by atoms with Crippen molar-refractivity contribution in [3.63, 3.8) is 0 Å². The summed E-state index contributed by atoms with van der Waals surface area (Å²) in [5.41, 5.74) is 0.0108. The van der Waals surface area contributed by atoms with Crippen LogP contribution in [0.4, 0.5) is 14.5 Å². The summed E-state index contributed by atoms with van der Waals surface area (Å²) in [6.45, 7) is 3.48. The minimum absolute atomic E-state index is 0.00930. The zero-order valence-corrected chi connectivity index (χ0v) is 14.3. The Morgan fingerprint density at radius 3 is 2.50 bits per heavy atom. The first-order valence-corrected chi connectivity index (χ1v) is 8.47. The summed E-state index contributed by atoms with van der Waals surface area (Å²) >= 11 is 0. The lowest BCUT2D eigenvalue weighted by atomic mass is 9.99. The van der Waals surface area contributed by atoms with Crippen molar-refractivity contribution >= 4 is 17.5 Å². The molecule has 1 saturated heterocycles. The molecule has 0 spiro atoms. The average molecular weight is 359 g/mol. The lowest BCUT2D eigenvalue weighted by molar-refractivity contribution is 0.0691. The van der Waals surface area contributed by atoms with Gasteiger partial charge in [-0.05, 0) is 43.0 Å². The topological polar surface area (TPSA) is 62.3 Å². The minimum Gasteiger partial charge on any atom is -0.337 e. The molecule has 1 aliphatic rings. The van der Waals surface area contributed by atoms with Crippen molar-refractivity contribution in [3.8, 4) is 0 Å². The number of benzene rings is 1. The Labute approximate surface area is 150 Å². The van der Waals surface area contributed by atoms with Crippen LogP contribution >= 0.6 is 0 Å². The Kier molecular flexibility index (Phi) is 5.25. The number of nitrogens with one attached hydrogen (secondary N) is 1. The normalized spacial score (nSPS) is 15.0. The number of amides is 2. The molecule has 0 atom stereocenters. The van der Waals surface area contributed by atoms with E-state index < -0.39 is 17.5 Å². The van der Waals surface area contributed by atoms with Gasteiger partial charge in [0.15, 0.2) is 0 Å². The molecule has 26 heavy (non-hydrogen) atoms. The molecule has 5 nitrogen and oxygen atoms in total. The van der Waals surface area contributed by atoms with E-state index in [4.69, 9.17) is 0 Å². The number of halogens is 2. The molecule has 1 N–H and O–H groups in total. The predicted molar refractivity (Wildman–Crippen MR) is 92.8 cm³/mol. The van der Waals surface area contributed by atoms with Gasteiger partial charge in [-0.1, -0.05) is 13.0 Å². The van der Waals surface area contributed by atoms with Gasteiger partial charge in [0.2, 0.25) is 0 Å². The van der Waals surface area contributed by atoms with Gasteiger partial charge in [0.05, 0.1) is 5.69 Å². The van der Waals surface area contributed by atoms with Crippen molar-refractivity contribution in [2.75, 3.05) is 18.4 Å². The number of aromatic nitrogens is 1. The van der Waals surface area contributed by atoms with Crippen LogP contribution < -0.4 is 5.32 Å². The highest BCUT2D eigenvalue weighted by Gasteiger charge is 2.23. The van der Waals surface area contributed by atoms with E-state index in [0.717, 1.165) is 25.0 Å². The number of carbonyl (C=O) groups excluding carboxylic acids is 2. The Hall–Kier alpha value is -2.83. The number of likely N-dealkylation sites (tertiary alicyclic amines) is 1. The molecule has 0 bridgehead atoms. The maximum Gasteiger partial charge on any atom is 0.274 e. The molecule has 7 heteroatoms. The first-order chi connectivity index (χ1) is 12.4. The fraction of sp³-hybridized carbons (Fsp3) is 0.316. The van der Waals surface area contributed by atoms with E-state index in [0.29, 0.717) is 25.1 Å². The molecule has 1 aliphatic heterocycles. The Morgan fingerprint density at radius 2 is 1.81 bits per heavy atom. The number of carbonyl (C=O) groups is 2. The highest BCUT2D eigenvalue weighted by molar-refractivity contribution is 6.03. The molecule has 1 fully saturated rings. The van der Waals surface area contributed by atoms with Crippen molar-refractivity contribution in [2.24, 2.45) is 5.92 Å². The first kappa shape index (κ1) is 18.0. The van der Waals surface area contributed by atoms with Gasteiger partial charge in [0.1, 0.15) is 23.0 Å². The highest BCUT2D eigenvalue weighted by atomic mass is 19.1. The Bertz CT molecular complexity index is 833. The van der Waals surface area contributed by atoms with Crippen LogP contribution in [0.25, 0.3) is 0 Å². The number of anilines is 1.